The normalized spacial score (nSPS) is 24.5. The van der Waals surface area contributed by atoms with E-state index in [9.17, 15) is 4.79 Å². The van der Waals surface area contributed by atoms with Crippen molar-refractivity contribution < 1.29 is 9.53 Å². The number of amides is 1. The van der Waals surface area contributed by atoms with Crippen molar-refractivity contribution >= 4 is 11.7 Å². The first-order chi connectivity index (χ1) is 9.70. The Bertz CT molecular complexity index is 550. The zero-order valence-electron chi connectivity index (χ0n) is 12.1. The highest BCUT2D eigenvalue weighted by Gasteiger charge is 2.35. The molecule has 106 valence electrons. The topological polar surface area (TPSA) is 29.5 Å². The van der Waals surface area contributed by atoms with Crippen LogP contribution in [0.5, 0.6) is 0 Å². The molecule has 1 heterocycles. The minimum absolute atomic E-state index is 0.170. The van der Waals surface area contributed by atoms with E-state index in [0.717, 1.165) is 19.5 Å². The predicted octanol–water partition coefficient (Wildman–Crippen LogP) is 3.67. The number of piperidine rings is 1. The van der Waals surface area contributed by atoms with Crippen LogP contribution in [0.25, 0.3) is 5.57 Å². The van der Waals surface area contributed by atoms with Crippen LogP contribution in [-0.4, -0.2) is 30.7 Å². The highest BCUT2D eigenvalue weighted by Crippen LogP contribution is 2.42. The molecule has 0 bridgehead atoms. The largest absolute Gasteiger partial charge is 0.450 e. The average Bonchev–Trinajstić information content (AvgIpc) is 2.47. The van der Waals surface area contributed by atoms with Crippen molar-refractivity contribution in [3.05, 3.63) is 41.5 Å². The molecular weight excluding hydrogens is 250 g/mol. The van der Waals surface area contributed by atoms with Crippen molar-refractivity contribution in [2.75, 3.05) is 19.7 Å². The SMILES string of the molecule is CCOC(=O)N1CC[C@H]2c3ccccc3C(C)=C[C@@H]2C1. The first-order valence-electron chi connectivity index (χ1n) is 7.40. The summed E-state index contributed by atoms with van der Waals surface area (Å²) >= 11 is 0. The first-order valence-corrected chi connectivity index (χ1v) is 7.40. The number of hydrogen-bond acceptors (Lipinski definition) is 2. The smallest absolute Gasteiger partial charge is 0.409 e. The number of likely N-dealkylation sites (tertiary alicyclic amines) is 1. The minimum Gasteiger partial charge on any atom is -0.450 e. The highest BCUT2D eigenvalue weighted by molar-refractivity contribution is 5.71. The highest BCUT2D eigenvalue weighted by atomic mass is 16.6. The molecule has 3 heteroatoms. The van der Waals surface area contributed by atoms with Gasteiger partial charge in [-0.25, -0.2) is 4.79 Å². The lowest BCUT2D eigenvalue weighted by Crippen LogP contribution is -2.43. The Morgan fingerprint density at radius 3 is 3.00 bits per heavy atom. The molecule has 0 radical (unpaired) electrons. The molecule has 2 atom stereocenters. The Morgan fingerprint density at radius 1 is 1.40 bits per heavy atom. The molecule has 1 aliphatic carbocycles. The summed E-state index contributed by atoms with van der Waals surface area (Å²) in [6.07, 6.45) is 3.18. The molecule has 0 saturated carbocycles. The number of allylic oxidation sites excluding steroid dienone is 1. The second-order valence-corrected chi connectivity index (χ2v) is 5.64. The van der Waals surface area contributed by atoms with Crippen LogP contribution in [0.15, 0.2) is 30.3 Å². The van der Waals surface area contributed by atoms with Gasteiger partial charge < -0.3 is 9.64 Å². The monoisotopic (exact) mass is 271 g/mol. The maximum atomic E-state index is 11.9. The van der Waals surface area contributed by atoms with E-state index in [2.05, 4.69) is 37.3 Å². The van der Waals surface area contributed by atoms with E-state index >= 15 is 0 Å². The van der Waals surface area contributed by atoms with E-state index < -0.39 is 0 Å². The molecule has 2 aliphatic rings. The Hall–Kier alpha value is -1.77. The fraction of sp³-hybridized carbons (Fsp3) is 0.471. The van der Waals surface area contributed by atoms with Gasteiger partial charge >= 0.3 is 6.09 Å². The number of carbonyl (C=O) groups is 1. The standard InChI is InChI=1S/C17H21NO2/c1-3-20-17(19)18-9-8-15-13(11-18)10-12(2)14-6-4-5-7-16(14)15/h4-7,10,13,15H,3,8-9,11H2,1-2H3/t13-,15-/m1/s1. The van der Waals surface area contributed by atoms with Gasteiger partial charge in [0.2, 0.25) is 0 Å². The lowest BCUT2D eigenvalue weighted by atomic mass is 9.73. The summed E-state index contributed by atoms with van der Waals surface area (Å²) in [4.78, 5) is 13.7. The molecular formula is C17H21NO2. The predicted molar refractivity (Wildman–Crippen MR) is 79.5 cm³/mol. The van der Waals surface area contributed by atoms with Crippen LogP contribution in [0.1, 0.15) is 37.3 Å². The molecule has 1 aromatic rings. The second-order valence-electron chi connectivity index (χ2n) is 5.64. The van der Waals surface area contributed by atoms with Crippen LogP contribution in [0, 0.1) is 5.92 Å². The van der Waals surface area contributed by atoms with Crippen LogP contribution in [-0.2, 0) is 4.74 Å². The number of benzene rings is 1. The Kier molecular flexibility index (Phi) is 3.51. The van der Waals surface area contributed by atoms with Crippen LogP contribution >= 0.6 is 0 Å². The van der Waals surface area contributed by atoms with Crippen molar-refractivity contribution in [2.24, 2.45) is 5.92 Å². The molecule has 3 nitrogen and oxygen atoms in total. The number of hydrogen-bond donors (Lipinski definition) is 0. The van der Waals surface area contributed by atoms with Gasteiger partial charge in [0.1, 0.15) is 0 Å². The molecule has 1 saturated heterocycles. The number of rotatable bonds is 1. The van der Waals surface area contributed by atoms with E-state index in [1.807, 2.05) is 11.8 Å². The summed E-state index contributed by atoms with van der Waals surface area (Å²) in [5, 5.41) is 0. The number of fused-ring (bicyclic) bond motifs is 3. The Morgan fingerprint density at radius 2 is 2.20 bits per heavy atom. The molecule has 1 aliphatic heterocycles. The van der Waals surface area contributed by atoms with Crippen molar-refractivity contribution in [2.45, 2.75) is 26.2 Å². The second kappa shape index (κ2) is 5.31. The molecule has 3 rings (SSSR count). The zero-order chi connectivity index (χ0) is 14.1. The van der Waals surface area contributed by atoms with Gasteiger partial charge in [-0.15, -0.1) is 0 Å². The Labute approximate surface area is 120 Å². The summed E-state index contributed by atoms with van der Waals surface area (Å²) < 4.78 is 5.12. The molecule has 0 N–H and O–H groups in total. The van der Waals surface area contributed by atoms with Crippen LogP contribution in [0.3, 0.4) is 0 Å². The van der Waals surface area contributed by atoms with Gasteiger partial charge in [0.05, 0.1) is 6.61 Å². The molecule has 0 aromatic heterocycles. The van der Waals surface area contributed by atoms with Crippen LogP contribution in [0.2, 0.25) is 0 Å². The van der Waals surface area contributed by atoms with Gasteiger partial charge in [0.15, 0.2) is 0 Å². The summed E-state index contributed by atoms with van der Waals surface area (Å²) in [5.41, 5.74) is 4.15. The third-order valence-corrected chi connectivity index (χ3v) is 4.43. The average molecular weight is 271 g/mol. The molecule has 1 fully saturated rings. The lowest BCUT2D eigenvalue weighted by Gasteiger charge is -2.40. The van der Waals surface area contributed by atoms with Gasteiger partial charge in [0, 0.05) is 19.0 Å². The number of carbonyl (C=O) groups excluding carboxylic acids is 1. The molecule has 20 heavy (non-hydrogen) atoms. The number of ether oxygens (including phenoxy) is 1. The fourth-order valence-electron chi connectivity index (χ4n) is 3.51. The van der Waals surface area contributed by atoms with E-state index in [0.29, 0.717) is 18.4 Å². The van der Waals surface area contributed by atoms with Crippen molar-refractivity contribution in [3.63, 3.8) is 0 Å². The molecule has 0 unspecified atom stereocenters. The van der Waals surface area contributed by atoms with Gasteiger partial charge in [-0.2, -0.15) is 0 Å². The quantitative estimate of drug-likeness (QED) is 0.780. The van der Waals surface area contributed by atoms with Crippen LogP contribution in [0.4, 0.5) is 4.79 Å². The van der Waals surface area contributed by atoms with E-state index in [-0.39, 0.29) is 6.09 Å². The third kappa shape index (κ3) is 2.21. The van der Waals surface area contributed by atoms with Gasteiger partial charge in [0.25, 0.3) is 0 Å². The lowest BCUT2D eigenvalue weighted by molar-refractivity contribution is 0.0889. The summed E-state index contributed by atoms with van der Waals surface area (Å²) in [5.74, 6) is 0.962. The van der Waals surface area contributed by atoms with Crippen molar-refractivity contribution in [3.8, 4) is 0 Å². The summed E-state index contributed by atoms with van der Waals surface area (Å²) in [6, 6.07) is 8.66. The maximum absolute atomic E-state index is 11.9. The van der Waals surface area contributed by atoms with Crippen LogP contribution < -0.4 is 0 Å². The fourth-order valence-corrected chi connectivity index (χ4v) is 3.51. The van der Waals surface area contributed by atoms with Gasteiger partial charge in [-0.1, -0.05) is 30.3 Å². The van der Waals surface area contributed by atoms with E-state index in [4.69, 9.17) is 4.74 Å². The molecule has 1 aromatic carbocycles. The van der Waals surface area contributed by atoms with Gasteiger partial charge in [-0.3, -0.25) is 0 Å². The number of nitrogens with zero attached hydrogens (tertiary/aromatic N) is 1. The maximum Gasteiger partial charge on any atom is 0.409 e. The van der Waals surface area contributed by atoms with E-state index in [1.54, 1.807) is 0 Å². The first kappa shape index (κ1) is 13.2. The molecule has 1 amide bonds. The third-order valence-electron chi connectivity index (χ3n) is 4.43. The van der Waals surface area contributed by atoms with Crippen molar-refractivity contribution in [1.29, 1.82) is 0 Å². The minimum atomic E-state index is -0.170. The van der Waals surface area contributed by atoms with Gasteiger partial charge in [-0.05, 0) is 42.9 Å². The zero-order valence-corrected chi connectivity index (χ0v) is 12.1. The Balaban J connectivity index is 1.84. The van der Waals surface area contributed by atoms with E-state index in [1.165, 1.54) is 16.7 Å². The van der Waals surface area contributed by atoms with Crippen molar-refractivity contribution in [1.82, 2.24) is 4.90 Å². The molecule has 0 spiro atoms. The summed E-state index contributed by atoms with van der Waals surface area (Å²) in [7, 11) is 0. The summed E-state index contributed by atoms with van der Waals surface area (Å²) in [6.45, 7) is 6.03.